The highest BCUT2D eigenvalue weighted by atomic mass is 32.2. The van der Waals surface area contributed by atoms with Gasteiger partial charge in [-0.05, 0) is 43.3 Å². The van der Waals surface area contributed by atoms with E-state index in [1.165, 1.54) is 18.3 Å². The highest BCUT2D eigenvalue weighted by molar-refractivity contribution is 7.93. The quantitative estimate of drug-likeness (QED) is 0.749. The number of sulfonamides is 1. The molecular formula is C17H14F2N2O3S. The van der Waals surface area contributed by atoms with Crippen LogP contribution in [0.1, 0.15) is 6.92 Å². The second-order valence-electron chi connectivity index (χ2n) is 5.12. The molecule has 130 valence electrons. The first-order valence-corrected chi connectivity index (χ1v) is 8.89. The van der Waals surface area contributed by atoms with Gasteiger partial charge in [-0.1, -0.05) is 0 Å². The molecule has 1 aromatic heterocycles. The molecule has 3 rings (SSSR count). The summed E-state index contributed by atoms with van der Waals surface area (Å²) in [5.74, 6) is -1.35. The normalized spacial score (nSPS) is 11.5. The van der Waals surface area contributed by atoms with Crippen LogP contribution in [0.4, 0.5) is 14.5 Å². The number of ether oxygens (including phenoxy) is 1. The third-order valence-electron chi connectivity index (χ3n) is 3.46. The Morgan fingerprint density at radius 2 is 1.96 bits per heavy atom. The number of anilines is 1. The molecule has 0 atom stereocenters. The van der Waals surface area contributed by atoms with Crippen molar-refractivity contribution in [2.75, 3.05) is 11.3 Å². The molecule has 0 saturated carbocycles. The molecule has 1 N–H and O–H groups in total. The van der Waals surface area contributed by atoms with Crippen LogP contribution in [0.15, 0.2) is 53.6 Å². The third kappa shape index (κ3) is 3.39. The van der Waals surface area contributed by atoms with Gasteiger partial charge in [0, 0.05) is 17.6 Å². The predicted octanol–water partition coefficient (Wildman–Crippen LogP) is 3.71. The minimum absolute atomic E-state index is 0.0808. The summed E-state index contributed by atoms with van der Waals surface area (Å²) in [4.78, 5) is 4.09. The minimum Gasteiger partial charge on any atom is -0.492 e. The molecule has 1 heterocycles. The Bertz CT molecular complexity index is 1040. The number of fused-ring (bicyclic) bond motifs is 1. The Labute approximate surface area is 143 Å². The van der Waals surface area contributed by atoms with Gasteiger partial charge in [-0.25, -0.2) is 17.2 Å². The van der Waals surface area contributed by atoms with E-state index in [2.05, 4.69) is 9.71 Å². The molecule has 25 heavy (non-hydrogen) atoms. The maximum atomic E-state index is 13.8. The van der Waals surface area contributed by atoms with E-state index < -0.39 is 21.7 Å². The summed E-state index contributed by atoms with van der Waals surface area (Å²) >= 11 is 0. The van der Waals surface area contributed by atoms with Crippen molar-refractivity contribution in [3.8, 4) is 5.75 Å². The average molecular weight is 364 g/mol. The Morgan fingerprint density at radius 1 is 1.16 bits per heavy atom. The van der Waals surface area contributed by atoms with Crippen LogP contribution in [0.3, 0.4) is 0 Å². The molecule has 0 spiro atoms. The first kappa shape index (κ1) is 17.1. The highest BCUT2D eigenvalue weighted by Crippen LogP contribution is 2.31. The SMILES string of the molecule is CCOc1ccc(S(=O)(=O)Nc2ccc(F)cc2F)c2cccnc12. The lowest BCUT2D eigenvalue weighted by molar-refractivity contribution is 0.343. The number of hydrogen-bond acceptors (Lipinski definition) is 4. The zero-order valence-electron chi connectivity index (χ0n) is 13.2. The van der Waals surface area contributed by atoms with Gasteiger partial charge in [0.25, 0.3) is 10.0 Å². The van der Waals surface area contributed by atoms with Crippen LogP contribution in [0.25, 0.3) is 10.9 Å². The molecule has 0 amide bonds. The summed E-state index contributed by atoms with van der Waals surface area (Å²) in [6, 6.07) is 8.63. The van der Waals surface area contributed by atoms with Gasteiger partial charge in [-0.3, -0.25) is 9.71 Å². The van der Waals surface area contributed by atoms with E-state index in [9.17, 15) is 17.2 Å². The van der Waals surface area contributed by atoms with Crippen LogP contribution in [-0.4, -0.2) is 20.0 Å². The van der Waals surface area contributed by atoms with E-state index in [0.29, 0.717) is 29.3 Å². The van der Waals surface area contributed by atoms with Crippen molar-refractivity contribution in [2.45, 2.75) is 11.8 Å². The van der Waals surface area contributed by atoms with Crippen LogP contribution in [0.2, 0.25) is 0 Å². The number of pyridine rings is 1. The number of rotatable bonds is 5. The van der Waals surface area contributed by atoms with Crippen LogP contribution in [0.5, 0.6) is 5.75 Å². The van der Waals surface area contributed by atoms with Crippen LogP contribution in [-0.2, 0) is 10.0 Å². The molecule has 0 saturated heterocycles. The molecule has 0 bridgehead atoms. The van der Waals surface area contributed by atoms with E-state index in [1.54, 1.807) is 19.1 Å². The van der Waals surface area contributed by atoms with E-state index in [-0.39, 0.29) is 10.6 Å². The van der Waals surface area contributed by atoms with Gasteiger partial charge in [0.15, 0.2) is 0 Å². The molecule has 0 fully saturated rings. The number of nitrogens with one attached hydrogen (secondary N) is 1. The summed E-state index contributed by atoms with van der Waals surface area (Å²) in [6.07, 6.45) is 1.52. The van der Waals surface area contributed by atoms with Crippen molar-refractivity contribution in [2.24, 2.45) is 0 Å². The van der Waals surface area contributed by atoms with Crippen molar-refractivity contribution in [3.63, 3.8) is 0 Å². The van der Waals surface area contributed by atoms with Gasteiger partial charge in [-0.2, -0.15) is 0 Å². The number of hydrogen-bond donors (Lipinski definition) is 1. The molecule has 0 unspecified atom stereocenters. The maximum Gasteiger partial charge on any atom is 0.262 e. The van der Waals surface area contributed by atoms with Crippen molar-refractivity contribution in [3.05, 3.63) is 60.3 Å². The molecular weight excluding hydrogens is 350 g/mol. The number of benzene rings is 2. The van der Waals surface area contributed by atoms with E-state index in [0.717, 1.165) is 12.1 Å². The predicted molar refractivity (Wildman–Crippen MR) is 90.1 cm³/mol. The monoisotopic (exact) mass is 364 g/mol. The van der Waals surface area contributed by atoms with Crippen molar-refractivity contribution >= 4 is 26.6 Å². The summed E-state index contributed by atoms with van der Waals surface area (Å²) in [5, 5.41) is 0.337. The molecule has 0 radical (unpaired) electrons. The third-order valence-corrected chi connectivity index (χ3v) is 4.88. The van der Waals surface area contributed by atoms with Gasteiger partial charge >= 0.3 is 0 Å². The molecule has 2 aromatic carbocycles. The number of halogens is 2. The van der Waals surface area contributed by atoms with E-state index in [4.69, 9.17) is 4.74 Å². The fraction of sp³-hybridized carbons (Fsp3) is 0.118. The summed E-state index contributed by atoms with van der Waals surface area (Å²) in [6.45, 7) is 2.20. The topological polar surface area (TPSA) is 68.3 Å². The lowest BCUT2D eigenvalue weighted by Gasteiger charge is -2.13. The molecule has 0 aliphatic carbocycles. The molecule has 5 nitrogen and oxygen atoms in total. The van der Waals surface area contributed by atoms with Gasteiger partial charge in [0.1, 0.15) is 22.9 Å². The summed E-state index contributed by atoms with van der Waals surface area (Å²) in [7, 11) is -4.11. The van der Waals surface area contributed by atoms with Gasteiger partial charge in [0.2, 0.25) is 0 Å². The Morgan fingerprint density at radius 3 is 2.68 bits per heavy atom. The van der Waals surface area contributed by atoms with E-state index in [1.807, 2.05) is 0 Å². The lowest BCUT2D eigenvalue weighted by atomic mass is 10.2. The lowest BCUT2D eigenvalue weighted by Crippen LogP contribution is -2.15. The smallest absolute Gasteiger partial charge is 0.262 e. The average Bonchev–Trinajstić information content (AvgIpc) is 2.58. The molecule has 0 aliphatic rings. The van der Waals surface area contributed by atoms with Crippen LogP contribution < -0.4 is 9.46 Å². The Balaban J connectivity index is 2.10. The Hall–Kier alpha value is -2.74. The van der Waals surface area contributed by atoms with Crippen molar-refractivity contribution in [1.82, 2.24) is 4.98 Å². The van der Waals surface area contributed by atoms with Gasteiger partial charge in [-0.15, -0.1) is 0 Å². The first-order valence-electron chi connectivity index (χ1n) is 7.41. The van der Waals surface area contributed by atoms with Crippen molar-refractivity contribution < 1.29 is 21.9 Å². The first-order chi connectivity index (χ1) is 11.9. The standard InChI is InChI=1S/C17H14F2N2O3S/c1-2-24-15-7-8-16(12-4-3-9-20-17(12)15)25(22,23)21-14-6-5-11(18)10-13(14)19/h3-10,21H,2H2,1H3. The fourth-order valence-electron chi connectivity index (χ4n) is 2.40. The fourth-order valence-corrected chi connectivity index (χ4v) is 3.67. The maximum absolute atomic E-state index is 13.8. The van der Waals surface area contributed by atoms with Crippen LogP contribution >= 0.6 is 0 Å². The second-order valence-corrected chi connectivity index (χ2v) is 6.77. The van der Waals surface area contributed by atoms with Gasteiger partial charge < -0.3 is 4.74 Å². The van der Waals surface area contributed by atoms with Crippen LogP contribution in [0, 0.1) is 11.6 Å². The van der Waals surface area contributed by atoms with Gasteiger partial charge in [0.05, 0.1) is 17.2 Å². The second kappa shape index (κ2) is 6.64. The number of aromatic nitrogens is 1. The number of nitrogens with zero attached hydrogens (tertiary/aromatic N) is 1. The molecule has 8 heteroatoms. The van der Waals surface area contributed by atoms with Crippen molar-refractivity contribution in [1.29, 1.82) is 0 Å². The molecule has 3 aromatic rings. The Kier molecular flexibility index (Phi) is 4.54. The largest absolute Gasteiger partial charge is 0.492 e. The summed E-state index contributed by atoms with van der Waals surface area (Å²) in [5.41, 5.74) is 0.0409. The molecule has 0 aliphatic heterocycles. The minimum atomic E-state index is -4.11. The summed E-state index contributed by atoms with van der Waals surface area (Å²) < 4.78 is 59.7. The zero-order valence-corrected chi connectivity index (χ0v) is 14.0. The van der Waals surface area contributed by atoms with E-state index >= 15 is 0 Å². The zero-order chi connectivity index (χ0) is 18.0. The highest BCUT2D eigenvalue weighted by Gasteiger charge is 2.21.